The van der Waals surface area contributed by atoms with Crippen LogP contribution in [0.5, 0.6) is 0 Å². The predicted octanol–water partition coefficient (Wildman–Crippen LogP) is 4.54. The molecule has 1 aromatic rings. The van der Waals surface area contributed by atoms with Gasteiger partial charge in [-0.2, -0.15) is 0 Å². The molecule has 0 fully saturated rings. The van der Waals surface area contributed by atoms with Gasteiger partial charge in [0, 0.05) is 6.07 Å². The third kappa shape index (κ3) is 4.29. The molecule has 0 saturated carbocycles. The second-order valence-corrected chi connectivity index (χ2v) is 7.58. The zero-order valence-electron chi connectivity index (χ0n) is 14.4. The Morgan fingerprint density at radius 1 is 1.18 bits per heavy atom. The molecule has 1 atom stereocenters. The Bertz CT molecular complexity index is 579. The lowest BCUT2D eigenvalue weighted by atomic mass is 9.85. The molecule has 0 amide bonds. The lowest BCUT2D eigenvalue weighted by molar-refractivity contribution is -0.386. The summed E-state index contributed by atoms with van der Waals surface area (Å²) in [5.41, 5.74) is 0.575. The third-order valence-electron chi connectivity index (χ3n) is 3.42. The summed E-state index contributed by atoms with van der Waals surface area (Å²) in [6.45, 7) is 13.0. The molecular formula is C17H25NO4. The molecule has 0 N–H and O–H groups in total. The number of hydrogen-bond acceptors (Lipinski definition) is 4. The van der Waals surface area contributed by atoms with Gasteiger partial charge in [-0.3, -0.25) is 14.9 Å². The smallest absolute Gasteiger partial charge is 0.311 e. The molecule has 1 rings (SSSR count). The average molecular weight is 307 g/mol. The highest BCUT2D eigenvalue weighted by atomic mass is 16.6. The van der Waals surface area contributed by atoms with Crippen LogP contribution in [0.4, 0.5) is 5.69 Å². The van der Waals surface area contributed by atoms with Gasteiger partial charge in [0.1, 0.15) is 6.10 Å². The molecule has 122 valence electrons. The van der Waals surface area contributed by atoms with E-state index in [1.54, 1.807) is 39.8 Å². The van der Waals surface area contributed by atoms with E-state index in [0.29, 0.717) is 5.56 Å². The summed E-state index contributed by atoms with van der Waals surface area (Å²) >= 11 is 0. The van der Waals surface area contributed by atoms with Crippen LogP contribution in [0, 0.1) is 15.5 Å². The molecule has 0 saturated heterocycles. The van der Waals surface area contributed by atoms with E-state index in [1.807, 2.05) is 20.8 Å². The molecule has 0 aliphatic carbocycles. The molecule has 1 unspecified atom stereocenters. The van der Waals surface area contributed by atoms with Crippen LogP contribution in [0.2, 0.25) is 0 Å². The van der Waals surface area contributed by atoms with Gasteiger partial charge < -0.3 is 4.74 Å². The van der Waals surface area contributed by atoms with Crippen LogP contribution in [-0.4, -0.2) is 10.9 Å². The number of nitro groups is 1. The van der Waals surface area contributed by atoms with Gasteiger partial charge in [-0.25, -0.2) is 0 Å². The van der Waals surface area contributed by atoms with Gasteiger partial charge in [0.25, 0.3) is 5.69 Å². The number of ether oxygens (including phenoxy) is 1. The van der Waals surface area contributed by atoms with Crippen LogP contribution in [-0.2, 0) is 14.9 Å². The third-order valence-corrected chi connectivity index (χ3v) is 3.42. The normalized spacial score (nSPS) is 13.6. The zero-order chi connectivity index (χ0) is 17.3. The highest BCUT2D eigenvalue weighted by molar-refractivity contribution is 5.75. The number of carbonyl (C=O) groups is 1. The van der Waals surface area contributed by atoms with Crippen molar-refractivity contribution in [2.24, 2.45) is 5.41 Å². The SMILES string of the molecule is CC(OC(=O)C(C)(C)C)c1cc(C(C)(C)C)ccc1[N+](=O)[O-]. The summed E-state index contributed by atoms with van der Waals surface area (Å²) in [6.07, 6.45) is -0.672. The summed E-state index contributed by atoms with van der Waals surface area (Å²) < 4.78 is 5.42. The van der Waals surface area contributed by atoms with Crippen LogP contribution in [0.1, 0.15) is 65.7 Å². The molecule has 0 spiro atoms. The first-order valence-corrected chi connectivity index (χ1v) is 7.34. The quantitative estimate of drug-likeness (QED) is 0.467. The summed E-state index contributed by atoms with van der Waals surface area (Å²) in [7, 11) is 0. The fraction of sp³-hybridized carbons (Fsp3) is 0.588. The number of nitrogens with zero attached hydrogens (tertiary/aromatic N) is 1. The Kier molecular flexibility index (Phi) is 5.00. The molecule has 0 radical (unpaired) electrons. The first-order chi connectivity index (χ1) is 9.84. The topological polar surface area (TPSA) is 69.4 Å². The van der Waals surface area contributed by atoms with E-state index in [9.17, 15) is 14.9 Å². The standard InChI is InChI=1S/C17H25NO4/c1-11(22-15(19)17(5,6)7)13-10-12(16(2,3)4)8-9-14(13)18(20)21/h8-11H,1-7H3. The Hall–Kier alpha value is -1.91. The Morgan fingerprint density at radius 3 is 2.14 bits per heavy atom. The van der Waals surface area contributed by atoms with Gasteiger partial charge in [-0.1, -0.05) is 26.8 Å². The van der Waals surface area contributed by atoms with Gasteiger partial charge in [0.2, 0.25) is 0 Å². The zero-order valence-corrected chi connectivity index (χ0v) is 14.4. The lowest BCUT2D eigenvalue weighted by Gasteiger charge is -2.23. The van der Waals surface area contributed by atoms with Gasteiger partial charge in [-0.05, 0) is 44.7 Å². The molecular weight excluding hydrogens is 282 g/mol. The van der Waals surface area contributed by atoms with Gasteiger partial charge in [0.15, 0.2) is 0 Å². The van der Waals surface area contributed by atoms with E-state index >= 15 is 0 Å². The predicted molar refractivity (Wildman–Crippen MR) is 85.8 cm³/mol. The Labute approximate surface area is 131 Å². The van der Waals surface area contributed by atoms with Gasteiger partial charge >= 0.3 is 5.97 Å². The van der Waals surface area contributed by atoms with Crippen LogP contribution >= 0.6 is 0 Å². The fourth-order valence-electron chi connectivity index (χ4n) is 1.91. The minimum Gasteiger partial charge on any atom is -0.457 e. The summed E-state index contributed by atoms with van der Waals surface area (Å²) in [5, 5.41) is 11.2. The molecule has 0 aliphatic heterocycles. The second-order valence-electron chi connectivity index (χ2n) is 7.58. The first-order valence-electron chi connectivity index (χ1n) is 7.34. The van der Waals surface area contributed by atoms with Crippen molar-refractivity contribution >= 4 is 11.7 Å². The van der Waals surface area contributed by atoms with Crippen LogP contribution < -0.4 is 0 Å². The van der Waals surface area contributed by atoms with Crippen molar-refractivity contribution in [3.8, 4) is 0 Å². The van der Waals surface area contributed by atoms with E-state index in [0.717, 1.165) is 5.56 Å². The maximum Gasteiger partial charge on any atom is 0.311 e. The van der Waals surface area contributed by atoms with E-state index in [1.165, 1.54) is 6.07 Å². The molecule has 5 nitrogen and oxygen atoms in total. The average Bonchev–Trinajstić information content (AvgIpc) is 2.35. The molecule has 0 bridgehead atoms. The van der Waals surface area contributed by atoms with Gasteiger partial charge in [0.05, 0.1) is 15.9 Å². The highest BCUT2D eigenvalue weighted by Crippen LogP contribution is 2.33. The van der Waals surface area contributed by atoms with Crippen LogP contribution in [0.25, 0.3) is 0 Å². The minimum atomic E-state index is -0.672. The van der Waals surface area contributed by atoms with E-state index in [2.05, 4.69) is 0 Å². The fourth-order valence-corrected chi connectivity index (χ4v) is 1.91. The largest absolute Gasteiger partial charge is 0.457 e. The molecule has 0 aliphatic rings. The number of nitro benzene ring substituents is 1. The summed E-state index contributed by atoms with van der Waals surface area (Å²) in [5.74, 6) is -0.379. The van der Waals surface area contributed by atoms with E-state index in [-0.39, 0.29) is 17.1 Å². The number of esters is 1. The van der Waals surface area contributed by atoms with Crippen LogP contribution in [0.3, 0.4) is 0 Å². The summed E-state index contributed by atoms with van der Waals surface area (Å²) in [4.78, 5) is 22.8. The molecule has 22 heavy (non-hydrogen) atoms. The van der Waals surface area contributed by atoms with Crippen molar-refractivity contribution in [2.45, 2.75) is 60.0 Å². The van der Waals surface area contributed by atoms with Crippen molar-refractivity contribution in [1.82, 2.24) is 0 Å². The molecule has 5 heteroatoms. The monoisotopic (exact) mass is 307 g/mol. The maximum absolute atomic E-state index is 12.0. The van der Waals surface area contributed by atoms with E-state index in [4.69, 9.17) is 4.74 Å². The highest BCUT2D eigenvalue weighted by Gasteiger charge is 2.29. The summed E-state index contributed by atoms with van der Waals surface area (Å²) in [6, 6.07) is 5.00. The number of rotatable bonds is 3. The number of hydrogen-bond donors (Lipinski definition) is 0. The van der Waals surface area contributed by atoms with E-state index < -0.39 is 16.4 Å². The minimum absolute atomic E-state index is 0.0257. The maximum atomic E-state index is 12.0. The first kappa shape index (κ1) is 18.1. The van der Waals surface area contributed by atoms with Crippen molar-refractivity contribution < 1.29 is 14.5 Å². The number of benzene rings is 1. The van der Waals surface area contributed by atoms with Gasteiger partial charge in [-0.15, -0.1) is 0 Å². The van der Waals surface area contributed by atoms with Crippen molar-refractivity contribution in [3.05, 3.63) is 39.4 Å². The number of carbonyl (C=O) groups excluding carboxylic acids is 1. The van der Waals surface area contributed by atoms with Crippen molar-refractivity contribution in [1.29, 1.82) is 0 Å². The van der Waals surface area contributed by atoms with Crippen LogP contribution in [0.15, 0.2) is 18.2 Å². The van der Waals surface area contributed by atoms with Crippen molar-refractivity contribution in [2.75, 3.05) is 0 Å². The Balaban J connectivity index is 3.25. The lowest BCUT2D eigenvalue weighted by Crippen LogP contribution is -2.24. The molecule has 1 aromatic carbocycles. The Morgan fingerprint density at radius 2 is 1.73 bits per heavy atom. The van der Waals surface area contributed by atoms with Crippen molar-refractivity contribution in [3.63, 3.8) is 0 Å². The molecule has 0 aromatic heterocycles. The second kappa shape index (κ2) is 6.07. The molecule has 0 heterocycles.